The second-order valence-corrected chi connectivity index (χ2v) is 4.20. The third kappa shape index (κ3) is 6.12. The summed E-state index contributed by atoms with van der Waals surface area (Å²) < 4.78 is 0. The highest BCUT2D eigenvalue weighted by molar-refractivity contribution is 5.79. The average Bonchev–Trinajstić information content (AvgIpc) is 1.84. The molecule has 0 aromatic rings. The molecule has 0 radical (unpaired) electrons. The summed E-state index contributed by atoms with van der Waals surface area (Å²) in [6.45, 7) is 7.60. The van der Waals surface area contributed by atoms with Gasteiger partial charge < -0.3 is 16.8 Å². The van der Waals surface area contributed by atoms with Gasteiger partial charge in [0.2, 0.25) is 5.91 Å². The van der Waals surface area contributed by atoms with Gasteiger partial charge in [0.05, 0.1) is 6.04 Å². The molecule has 0 bridgehead atoms. The molecule has 5 N–H and O–H groups in total. The predicted molar refractivity (Wildman–Crippen MR) is 49.5 cm³/mol. The van der Waals surface area contributed by atoms with Crippen LogP contribution in [0.2, 0.25) is 0 Å². The quantitative estimate of drug-likeness (QED) is 0.533. The standard InChI is InChI=1S/C8H19N3O/c1-8(2,3)5-11-4-6(9)7(10)12/h6,11H,4-5,9H2,1-3H3,(H2,10,12). The number of carbonyl (C=O) groups excluding carboxylic acids is 1. The minimum Gasteiger partial charge on any atom is -0.368 e. The van der Waals surface area contributed by atoms with Crippen LogP contribution in [-0.2, 0) is 4.79 Å². The fourth-order valence-corrected chi connectivity index (χ4v) is 0.703. The molecule has 12 heavy (non-hydrogen) atoms. The molecule has 1 unspecified atom stereocenters. The lowest BCUT2D eigenvalue weighted by molar-refractivity contribution is -0.119. The first-order valence-electron chi connectivity index (χ1n) is 4.08. The average molecular weight is 173 g/mol. The Balaban J connectivity index is 3.51. The van der Waals surface area contributed by atoms with Crippen LogP contribution in [0.25, 0.3) is 0 Å². The summed E-state index contributed by atoms with van der Waals surface area (Å²) in [4.78, 5) is 10.5. The van der Waals surface area contributed by atoms with E-state index in [1.807, 2.05) is 0 Å². The maximum atomic E-state index is 10.5. The Kier molecular flexibility index (Phi) is 4.20. The number of rotatable bonds is 4. The zero-order chi connectivity index (χ0) is 9.78. The van der Waals surface area contributed by atoms with Crippen molar-refractivity contribution in [3.05, 3.63) is 0 Å². The van der Waals surface area contributed by atoms with Gasteiger partial charge in [0.25, 0.3) is 0 Å². The van der Waals surface area contributed by atoms with Gasteiger partial charge in [-0.3, -0.25) is 4.79 Å². The molecule has 4 nitrogen and oxygen atoms in total. The van der Waals surface area contributed by atoms with Crippen molar-refractivity contribution in [3.8, 4) is 0 Å². The summed E-state index contributed by atoms with van der Waals surface area (Å²) in [6.07, 6.45) is 0. The molecule has 1 amide bonds. The lowest BCUT2D eigenvalue weighted by atomic mass is 9.97. The van der Waals surface area contributed by atoms with E-state index < -0.39 is 11.9 Å². The van der Waals surface area contributed by atoms with E-state index in [9.17, 15) is 4.79 Å². The van der Waals surface area contributed by atoms with E-state index in [0.29, 0.717) is 6.54 Å². The first-order valence-corrected chi connectivity index (χ1v) is 4.08. The molecule has 0 aliphatic rings. The monoisotopic (exact) mass is 173 g/mol. The summed E-state index contributed by atoms with van der Waals surface area (Å²) in [5.74, 6) is -0.462. The molecule has 0 aliphatic heterocycles. The Bertz CT molecular complexity index is 151. The van der Waals surface area contributed by atoms with Crippen molar-refractivity contribution in [2.45, 2.75) is 26.8 Å². The van der Waals surface area contributed by atoms with Crippen LogP contribution in [0.5, 0.6) is 0 Å². The van der Waals surface area contributed by atoms with Gasteiger partial charge in [-0.05, 0) is 5.41 Å². The SMILES string of the molecule is CC(C)(C)CNCC(N)C(N)=O. The smallest absolute Gasteiger partial charge is 0.235 e. The first-order chi connectivity index (χ1) is 5.33. The minimum atomic E-state index is -0.577. The number of hydrogen-bond donors (Lipinski definition) is 3. The summed E-state index contributed by atoms with van der Waals surface area (Å²) in [6, 6.07) is -0.577. The third-order valence-corrected chi connectivity index (χ3v) is 1.39. The number of carbonyl (C=O) groups is 1. The topological polar surface area (TPSA) is 81.1 Å². The van der Waals surface area contributed by atoms with Gasteiger partial charge in [-0.25, -0.2) is 0 Å². The maximum Gasteiger partial charge on any atom is 0.235 e. The van der Waals surface area contributed by atoms with E-state index in [2.05, 4.69) is 26.1 Å². The van der Waals surface area contributed by atoms with Crippen molar-refractivity contribution in [1.82, 2.24) is 5.32 Å². The maximum absolute atomic E-state index is 10.5. The highest BCUT2D eigenvalue weighted by Gasteiger charge is 2.12. The molecule has 0 spiro atoms. The van der Waals surface area contributed by atoms with Gasteiger partial charge in [-0.1, -0.05) is 20.8 Å². The van der Waals surface area contributed by atoms with Crippen LogP contribution >= 0.6 is 0 Å². The second kappa shape index (κ2) is 4.42. The van der Waals surface area contributed by atoms with Crippen molar-refractivity contribution in [3.63, 3.8) is 0 Å². The minimum absolute atomic E-state index is 0.206. The third-order valence-electron chi connectivity index (χ3n) is 1.39. The zero-order valence-electron chi connectivity index (χ0n) is 8.05. The van der Waals surface area contributed by atoms with E-state index in [1.54, 1.807) is 0 Å². The fourth-order valence-electron chi connectivity index (χ4n) is 0.703. The van der Waals surface area contributed by atoms with E-state index in [-0.39, 0.29) is 5.41 Å². The summed E-state index contributed by atoms with van der Waals surface area (Å²) >= 11 is 0. The van der Waals surface area contributed by atoms with E-state index in [0.717, 1.165) is 6.54 Å². The molecule has 0 saturated heterocycles. The molecule has 0 saturated carbocycles. The molecule has 0 fully saturated rings. The number of nitrogens with two attached hydrogens (primary N) is 2. The fraction of sp³-hybridized carbons (Fsp3) is 0.875. The van der Waals surface area contributed by atoms with Crippen LogP contribution in [0.3, 0.4) is 0 Å². The van der Waals surface area contributed by atoms with Crippen LogP contribution in [0, 0.1) is 5.41 Å². The summed E-state index contributed by atoms with van der Waals surface area (Å²) in [7, 11) is 0. The van der Waals surface area contributed by atoms with Crippen molar-refractivity contribution < 1.29 is 4.79 Å². The molecule has 4 heteroatoms. The van der Waals surface area contributed by atoms with Crippen molar-refractivity contribution in [2.24, 2.45) is 16.9 Å². The van der Waals surface area contributed by atoms with Crippen molar-refractivity contribution >= 4 is 5.91 Å². The van der Waals surface area contributed by atoms with E-state index >= 15 is 0 Å². The van der Waals surface area contributed by atoms with Crippen LogP contribution in [0.15, 0.2) is 0 Å². The molecule has 0 heterocycles. The number of amides is 1. The summed E-state index contributed by atoms with van der Waals surface area (Å²) in [5.41, 5.74) is 10.6. The van der Waals surface area contributed by atoms with Crippen molar-refractivity contribution in [2.75, 3.05) is 13.1 Å². The van der Waals surface area contributed by atoms with Gasteiger partial charge in [0, 0.05) is 13.1 Å². The Labute approximate surface area is 73.7 Å². The van der Waals surface area contributed by atoms with Gasteiger partial charge in [-0.15, -0.1) is 0 Å². The zero-order valence-corrected chi connectivity index (χ0v) is 8.05. The van der Waals surface area contributed by atoms with Crippen LogP contribution < -0.4 is 16.8 Å². The Morgan fingerprint density at radius 3 is 2.33 bits per heavy atom. The predicted octanol–water partition coefficient (Wildman–Crippen LogP) is -0.565. The Morgan fingerprint density at radius 1 is 1.50 bits per heavy atom. The molecular weight excluding hydrogens is 154 g/mol. The Morgan fingerprint density at radius 2 is 2.00 bits per heavy atom. The molecule has 0 aromatic carbocycles. The van der Waals surface area contributed by atoms with Gasteiger partial charge in [0.15, 0.2) is 0 Å². The van der Waals surface area contributed by atoms with E-state index in [1.165, 1.54) is 0 Å². The van der Waals surface area contributed by atoms with Gasteiger partial charge in [-0.2, -0.15) is 0 Å². The van der Waals surface area contributed by atoms with Crippen LogP contribution in [-0.4, -0.2) is 25.0 Å². The number of primary amides is 1. The van der Waals surface area contributed by atoms with Crippen molar-refractivity contribution in [1.29, 1.82) is 0 Å². The highest BCUT2D eigenvalue weighted by Crippen LogP contribution is 2.09. The van der Waals surface area contributed by atoms with Gasteiger partial charge in [0.1, 0.15) is 0 Å². The lowest BCUT2D eigenvalue weighted by Crippen LogP contribution is -2.45. The van der Waals surface area contributed by atoms with Crippen LogP contribution in [0.1, 0.15) is 20.8 Å². The number of nitrogens with one attached hydrogen (secondary N) is 1. The first kappa shape index (κ1) is 11.4. The Hall–Kier alpha value is -0.610. The number of hydrogen-bond acceptors (Lipinski definition) is 3. The molecule has 0 aromatic heterocycles. The molecule has 0 rings (SSSR count). The largest absolute Gasteiger partial charge is 0.368 e. The highest BCUT2D eigenvalue weighted by atomic mass is 16.1. The molecular formula is C8H19N3O. The van der Waals surface area contributed by atoms with Crippen LogP contribution in [0.4, 0.5) is 0 Å². The molecule has 0 aliphatic carbocycles. The molecule has 1 atom stereocenters. The van der Waals surface area contributed by atoms with E-state index in [4.69, 9.17) is 11.5 Å². The van der Waals surface area contributed by atoms with Gasteiger partial charge >= 0.3 is 0 Å². The second-order valence-electron chi connectivity index (χ2n) is 4.20. The summed E-state index contributed by atoms with van der Waals surface area (Å²) in [5, 5.41) is 3.08. The normalized spacial score (nSPS) is 14.3. The molecule has 72 valence electrons. The lowest BCUT2D eigenvalue weighted by Gasteiger charge is -2.19.